The van der Waals surface area contributed by atoms with Gasteiger partial charge >= 0.3 is 0 Å². The first-order valence-electron chi connectivity index (χ1n) is 12.4. The Morgan fingerprint density at radius 2 is 1.86 bits per heavy atom. The number of benzene rings is 2. The smallest absolute Gasteiger partial charge is 0.161 e. The van der Waals surface area contributed by atoms with Crippen molar-refractivity contribution >= 4 is 11.6 Å². The fourth-order valence-corrected chi connectivity index (χ4v) is 4.86. The van der Waals surface area contributed by atoms with Crippen LogP contribution in [0.15, 0.2) is 42.7 Å². The van der Waals surface area contributed by atoms with E-state index in [1.54, 1.807) is 13.3 Å². The molecule has 1 fully saturated rings. The Morgan fingerprint density at radius 3 is 2.56 bits per heavy atom. The molecule has 2 aromatic carbocycles. The first-order chi connectivity index (χ1) is 17.3. The van der Waals surface area contributed by atoms with Gasteiger partial charge in [-0.05, 0) is 81.1 Å². The van der Waals surface area contributed by atoms with Crippen LogP contribution in [0.1, 0.15) is 35.4 Å². The minimum atomic E-state index is -0.904. The lowest BCUT2D eigenvalue weighted by Gasteiger charge is -2.39. The lowest BCUT2D eigenvalue weighted by molar-refractivity contribution is -0.0621. The highest BCUT2D eigenvalue weighted by Gasteiger charge is 2.34. The number of nitrogens with zero attached hydrogens (tertiary/aromatic N) is 3. The topological polar surface area (TPSA) is 69.0 Å². The summed E-state index contributed by atoms with van der Waals surface area (Å²) in [6.45, 7) is 9.58. The highest BCUT2D eigenvalue weighted by atomic mass is 35.5. The van der Waals surface area contributed by atoms with Gasteiger partial charge in [0.1, 0.15) is 30.4 Å². The molecule has 36 heavy (non-hydrogen) atoms. The largest absolute Gasteiger partial charge is 0.493 e. The van der Waals surface area contributed by atoms with Crippen molar-refractivity contribution in [1.29, 1.82) is 0 Å². The fourth-order valence-electron chi connectivity index (χ4n) is 4.75. The molecule has 0 saturated carbocycles. The number of halogens is 1. The van der Waals surface area contributed by atoms with Gasteiger partial charge in [-0.2, -0.15) is 0 Å². The van der Waals surface area contributed by atoms with E-state index in [2.05, 4.69) is 20.5 Å². The van der Waals surface area contributed by atoms with Gasteiger partial charge in [-0.15, -0.1) is 0 Å². The van der Waals surface area contributed by atoms with Crippen LogP contribution in [0.3, 0.4) is 0 Å². The van der Waals surface area contributed by atoms with Crippen molar-refractivity contribution in [3.8, 4) is 17.2 Å². The van der Waals surface area contributed by atoms with Crippen LogP contribution in [0.2, 0.25) is 5.02 Å². The van der Waals surface area contributed by atoms with Crippen LogP contribution in [0, 0.1) is 20.8 Å². The summed E-state index contributed by atoms with van der Waals surface area (Å²) < 4.78 is 19.6. The predicted octanol–water partition coefficient (Wildman–Crippen LogP) is 4.96. The van der Waals surface area contributed by atoms with E-state index < -0.39 is 5.60 Å². The molecule has 4 rings (SSSR count). The summed E-state index contributed by atoms with van der Waals surface area (Å²) in [5.41, 5.74) is 2.15. The SMILES string of the molecule is COc1cc(CN2CCC[C@@](O)(COc3cc(C)c(Cl)c(C)c3)C2)ccc1OCCn1ccnc1C. The molecule has 1 saturated heterocycles. The molecule has 7 nitrogen and oxygen atoms in total. The Labute approximate surface area is 218 Å². The minimum absolute atomic E-state index is 0.247. The van der Waals surface area contributed by atoms with Crippen LogP contribution in [-0.2, 0) is 13.1 Å². The second-order valence-corrected chi connectivity index (χ2v) is 10.1. The summed E-state index contributed by atoms with van der Waals surface area (Å²) >= 11 is 6.27. The number of hydrogen-bond acceptors (Lipinski definition) is 6. The summed E-state index contributed by atoms with van der Waals surface area (Å²) in [5.74, 6) is 3.13. The van der Waals surface area contributed by atoms with Crippen LogP contribution >= 0.6 is 11.6 Å². The fraction of sp³-hybridized carbons (Fsp3) is 0.464. The maximum Gasteiger partial charge on any atom is 0.161 e. The standard InChI is InChI=1S/C28H36ClN3O4/c1-20-14-24(15-21(2)27(20)29)36-19-28(33)8-5-10-31(18-28)17-23-6-7-25(26(16-23)34-4)35-13-12-32-11-9-30-22(32)3/h6-7,9,11,14-16,33H,5,8,10,12-13,17-19H2,1-4H3/t28-/m0/s1. The Balaban J connectivity index is 1.33. The van der Waals surface area contributed by atoms with Gasteiger partial charge in [-0.25, -0.2) is 4.98 Å². The third kappa shape index (κ3) is 6.52. The van der Waals surface area contributed by atoms with Gasteiger partial charge < -0.3 is 23.9 Å². The second-order valence-electron chi connectivity index (χ2n) is 9.70. The van der Waals surface area contributed by atoms with E-state index in [-0.39, 0.29) is 6.61 Å². The van der Waals surface area contributed by atoms with Gasteiger partial charge in [-0.3, -0.25) is 4.90 Å². The zero-order chi connectivity index (χ0) is 25.7. The zero-order valence-electron chi connectivity index (χ0n) is 21.6. The van der Waals surface area contributed by atoms with Crippen LogP contribution in [0.25, 0.3) is 0 Å². The number of hydrogen-bond donors (Lipinski definition) is 1. The van der Waals surface area contributed by atoms with Crippen molar-refractivity contribution < 1.29 is 19.3 Å². The van der Waals surface area contributed by atoms with E-state index in [0.717, 1.165) is 58.5 Å². The molecule has 3 aromatic rings. The molecule has 0 unspecified atom stereocenters. The molecule has 2 heterocycles. The maximum atomic E-state index is 11.3. The Kier molecular flexibility index (Phi) is 8.44. The highest BCUT2D eigenvalue weighted by molar-refractivity contribution is 6.32. The molecule has 0 spiro atoms. The number of rotatable bonds is 10. The predicted molar refractivity (Wildman–Crippen MR) is 141 cm³/mol. The second kappa shape index (κ2) is 11.5. The Morgan fingerprint density at radius 1 is 1.08 bits per heavy atom. The molecule has 0 bridgehead atoms. The third-order valence-electron chi connectivity index (χ3n) is 6.70. The molecule has 0 amide bonds. The van der Waals surface area contributed by atoms with Crippen LogP contribution in [-0.4, -0.2) is 58.6 Å². The first-order valence-corrected chi connectivity index (χ1v) is 12.8. The van der Waals surface area contributed by atoms with Crippen LogP contribution < -0.4 is 14.2 Å². The molecule has 1 aromatic heterocycles. The van der Waals surface area contributed by atoms with Crippen molar-refractivity contribution in [2.75, 3.05) is 33.4 Å². The number of β-amino-alcohol motifs (C(OH)–C–C–N with tert-alkyl or cyclic N) is 1. The van der Waals surface area contributed by atoms with Gasteiger partial charge in [0.2, 0.25) is 0 Å². The maximum absolute atomic E-state index is 11.3. The Bertz CT molecular complexity index is 1160. The monoisotopic (exact) mass is 513 g/mol. The number of imidazole rings is 1. The molecule has 1 aliphatic rings. The molecule has 1 aliphatic heterocycles. The third-order valence-corrected chi connectivity index (χ3v) is 7.30. The molecule has 1 atom stereocenters. The quantitative estimate of drug-likeness (QED) is 0.413. The van der Waals surface area contributed by atoms with Gasteiger partial charge in [0.15, 0.2) is 11.5 Å². The van der Waals surface area contributed by atoms with Crippen LogP contribution in [0.5, 0.6) is 17.2 Å². The summed E-state index contributed by atoms with van der Waals surface area (Å²) in [6, 6.07) is 9.88. The molecular formula is C28H36ClN3O4. The van der Waals surface area contributed by atoms with Crippen molar-refractivity contribution in [2.45, 2.75) is 52.3 Å². The first kappa shape index (κ1) is 26.3. The van der Waals surface area contributed by atoms with Gasteiger partial charge in [-0.1, -0.05) is 17.7 Å². The molecule has 1 N–H and O–H groups in total. The van der Waals surface area contributed by atoms with E-state index in [1.165, 1.54) is 0 Å². The number of methoxy groups -OCH3 is 1. The van der Waals surface area contributed by atoms with Crippen molar-refractivity contribution in [3.63, 3.8) is 0 Å². The summed E-state index contributed by atoms with van der Waals surface area (Å²) in [5, 5.41) is 12.0. The minimum Gasteiger partial charge on any atom is -0.493 e. The van der Waals surface area contributed by atoms with Crippen molar-refractivity contribution in [1.82, 2.24) is 14.5 Å². The summed E-state index contributed by atoms with van der Waals surface area (Å²) in [4.78, 5) is 6.50. The highest BCUT2D eigenvalue weighted by Crippen LogP contribution is 2.31. The van der Waals surface area contributed by atoms with Gasteiger partial charge in [0.25, 0.3) is 0 Å². The van der Waals surface area contributed by atoms with Crippen molar-refractivity contribution in [2.24, 2.45) is 0 Å². The van der Waals surface area contributed by atoms with E-state index in [1.807, 2.05) is 51.2 Å². The number of likely N-dealkylation sites (tertiary alicyclic amines) is 1. The number of aliphatic hydroxyl groups is 1. The van der Waals surface area contributed by atoms with E-state index >= 15 is 0 Å². The van der Waals surface area contributed by atoms with Crippen LogP contribution in [0.4, 0.5) is 0 Å². The molecule has 194 valence electrons. The number of aryl methyl sites for hydroxylation is 3. The van der Waals surface area contributed by atoms with E-state index in [9.17, 15) is 5.11 Å². The molecule has 0 radical (unpaired) electrons. The molecular weight excluding hydrogens is 478 g/mol. The van der Waals surface area contributed by atoms with Gasteiger partial charge in [0, 0.05) is 30.5 Å². The van der Waals surface area contributed by atoms with Crippen molar-refractivity contribution in [3.05, 3.63) is 70.3 Å². The zero-order valence-corrected chi connectivity index (χ0v) is 22.3. The number of aromatic nitrogens is 2. The normalized spacial score (nSPS) is 18.3. The molecule has 0 aliphatic carbocycles. The summed E-state index contributed by atoms with van der Waals surface area (Å²) in [7, 11) is 1.66. The number of ether oxygens (including phenoxy) is 3. The van der Waals surface area contributed by atoms with Gasteiger partial charge in [0.05, 0.1) is 13.7 Å². The summed E-state index contributed by atoms with van der Waals surface area (Å²) in [6.07, 6.45) is 5.35. The van der Waals surface area contributed by atoms with E-state index in [0.29, 0.717) is 31.9 Å². The lowest BCUT2D eigenvalue weighted by atomic mass is 9.93. The lowest BCUT2D eigenvalue weighted by Crippen LogP contribution is -2.51. The average molecular weight is 514 g/mol. The molecule has 8 heteroatoms. The average Bonchev–Trinajstić information content (AvgIpc) is 3.26. The number of piperidine rings is 1. The van der Waals surface area contributed by atoms with E-state index in [4.69, 9.17) is 25.8 Å². The Hall–Kier alpha value is -2.74.